The van der Waals surface area contributed by atoms with Gasteiger partial charge in [0.1, 0.15) is 0 Å². The Hall–Kier alpha value is -2.65. The molecule has 2 unspecified atom stereocenters. The van der Waals surface area contributed by atoms with E-state index in [9.17, 15) is 23.1 Å². The molecule has 28 heavy (non-hydrogen) atoms. The van der Waals surface area contributed by atoms with Crippen LogP contribution in [0.5, 0.6) is 0 Å². The molecule has 1 amide bonds. The Kier molecular flexibility index (Phi) is 5.57. The molecule has 0 bridgehead atoms. The monoisotopic (exact) mass is 394 g/mol. The summed E-state index contributed by atoms with van der Waals surface area (Å²) in [6, 6.07) is 8.36. The fourth-order valence-corrected chi connectivity index (χ4v) is 3.20. The molecule has 9 heteroatoms. The van der Waals surface area contributed by atoms with E-state index in [-0.39, 0.29) is 24.6 Å². The molecule has 1 aliphatic rings. The van der Waals surface area contributed by atoms with Crippen molar-refractivity contribution in [3.8, 4) is 0 Å². The van der Waals surface area contributed by atoms with Gasteiger partial charge in [0.2, 0.25) is 5.91 Å². The van der Waals surface area contributed by atoms with Crippen LogP contribution in [0.15, 0.2) is 42.6 Å². The van der Waals surface area contributed by atoms with Crippen LogP contribution in [0, 0.1) is 0 Å². The lowest BCUT2D eigenvalue weighted by Crippen LogP contribution is -2.52. The number of alkyl halides is 3. The number of para-hydroxylation sites is 1. The Balaban J connectivity index is 1.61. The number of aliphatic hydroxyl groups is 1. The van der Waals surface area contributed by atoms with E-state index < -0.39 is 23.4 Å². The van der Waals surface area contributed by atoms with Gasteiger partial charge in [-0.15, -0.1) is 0 Å². The zero-order valence-electron chi connectivity index (χ0n) is 15.0. The van der Waals surface area contributed by atoms with Gasteiger partial charge in [-0.25, -0.2) is 0 Å². The van der Waals surface area contributed by atoms with Gasteiger partial charge in [0.15, 0.2) is 0 Å². The third-order valence-corrected chi connectivity index (χ3v) is 4.74. The average molecular weight is 394 g/mol. The minimum atomic E-state index is -4.47. The second-order valence-electron chi connectivity index (χ2n) is 6.94. The molecule has 1 aromatic heterocycles. The molecule has 5 N–H and O–H groups in total. The number of aliphatic hydroxyl groups excluding tert-OH is 1. The number of aromatic nitrogens is 1. The van der Waals surface area contributed by atoms with Gasteiger partial charge in [0, 0.05) is 6.42 Å². The minimum Gasteiger partial charge on any atom is -0.393 e. The Morgan fingerprint density at radius 2 is 2.04 bits per heavy atom. The third kappa shape index (κ3) is 4.60. The van der Waals surface area contributed by atoms with Gasteiger partial charge in [0.05, 0.1) is 47.0 Å². The van der Waals surface area contributed by atoms with Crippen molar-refractivity contribution in [1.82, 2.24) is 10.3 Å². The van der Waals surface area contributed by atoms with Crippen LogP contribution in [0.2, 0.25) is 0 Å². The molecule has 0 radical (unpaired) electrons. The van der Waals surface area contributed by atoms with Crippen molar-refractivity contribution in [2.24, 2.45) is 5.73 Å². The van der Waals surface area contributed by atoms with Gasteiger partial charge in [-0.2, -0.15) is 13.2 Å². The largest absolute Gasteiger partial charge is 0.418 e. The molecule has 6 nitrogen and oxygen atoms in total. The SMILES string of the molecule is NC1(C(=O)NCc2ccc(Nc3ccccc3C(F)(F)F)cn2)CCC(O)C1. The predicted octanol–water partition coefficient (Wildman–Crippen LogP) is 2.70. The maximum absolute atomic E-state index is 13.1. The highest BCUT2D eigenvalue weighted by atomic mass is 19.4. The molecule has 2 atom stereocenters. The second kappa shape index (κ2) is 7.76. The molecule has 0 saturated heterocycles. The summed E-state index contributed by atoms with van der Waals surface area (Å²) in [5, 5.41) is 15.0. The number of nitrogens with zero attached hydrogens (tertiary/aromatic N) is 1. The van der Waals surface area contributed by atoms with Crippen molar-refractivity contribution < 1.29 is 23.1 Å². The number of nitrogens with one attached hydrogen (secondary N) is 2. The van der Waals surface area contributed by atoms with Crippen molar-refractivity contribution in [2.45, 2.75) is 43.6 Å². The molecule has 0 spiro atoms. The number of carbonyl (C=O) groups is 1. The first-order chi connectivity index (χ1) is 13.2. The Bertz CT molecular complexity index is 842. The number of pyridine rings is 1. The minimum absolute atomic E-state index is 0.0669. The van der Waals surface area contributed by atoms with Crippen LogP contribution in [0.3, 0.4) is 0 Å². The number of hydrogen-bond acceptors (Lipinski definition) is 5. The molecule has 0 aliphatic heterocycles. The number of amides is 1. The van der Waals surface area contributed by atoms with Crippen LogP contribution in [0.25, 0.3) is 0 Å². The van der Waals surface area contributed by atoms with Crippen LogP contribution < -0.4 is 16.4 Å². The normalized spacial score (nSPS) is 22.1. The van der Waals surface area contributed by atoms with E-state index in [0.29, 0.717) is 24.2 Å². The zero-order valence-corrected chi connectivity index (χ0v) is 15.0. The summed E-state index contributed by atoms with van der Waals surface area (Å²) in [4.78, 5) is 16.4. The van der Waals surface area contributed by atoms with Gasteiger partial charge < -0.3 is 21.5 Å². The summed E-state index contributed by atoms with van der Waals surface area (Å²) >= 11 is 0. The molecule has 1 heterocycles. The van der Waals surface area contributed by atoms with Gasteiger partial charge in [0.25, 0.3) is 0 Å². The number of benzene rings is 1. The summed E-state index contributed by atoms with van der Waals surface area (Å²) in [6.45, 7) is 0.132. The van der Waals surface area contributed by atoms with E-state index in [0.717, 1.165) is 6.07 Å². The highest BCUT2D eigenvalue weighted by Gasteiger charge is 2.41. The fraction of sp³-hybridized carbons (Fsp3) is 0.368. The maximum Gasteiger partial charge on any atom is 0.418 e. The molecule has 2 aromatic rings. The number of carbonyl (C=O) groups excluding carboxylic acids is 1. The van der Waals surface area contributed by atoms with Gasteiger partial charge in [-0.1, -0.05) is 12.1 Å². The summed E-state index contributed by atoms with van der Waals surface area (Å²) in [5.41, 5.74) is 5.03. The van der Waals surface area contributed by atoms with Crippen LogP contribution in [-0.4, -0.2) is 27.6 Å². The summed E-state index contributed by atoms with van der Waals surface area (Å²) in [6.07, 6.45) is -2.52. The molecule has 1 aliphatic carbocycles. The molecule has 1 aromatic carbocycles. The average Bonchev–Trinajstić information content (AvgIpc) is 3.00. The Morgan fingerprint density at radius 1 is 1.29 bits per heavy atom. The maximum atomic E-state index is 13.1. The number of hydrogen-bond donors (Lipinski definition) is 4. The van der Waals surface area contributed by atoms with Gasteiger partial charge in [-0.05, 0) is 37.1 Å². The van der Waals surface area contributed by atoms with E-state index in [1.165, 1.54) is 24.4 Å². The molecule has 1 saturated carbocycles. The smallest absolute Gasteiger partial charge is 0.393 e. The van der Waals surface area contributed by atoms with Crippen molar-refractivity contribution in [2.75, 3.05) is 5.32 Å². The number of nitrogens with two attached hydrogens (primary N) is 1. The Morgan fingerprint density at radius 3 is 2.64 bits per heavy atom. The first kappa shape index (κ1) is 20.1. The van der Waals surface area contributed by atoms with Crippen LogP contribution in [-0.2, 0) is 17.5 Å². The van der Waals surface area contributed by atoms with Gasteiger partial charge >= 0.3 is 6.18 Å². The van der Waals surface area contributed by atoms with E-state index >= 15 is 0 Å². The van der Waals surface area contributed by atoms with Crippen molar-refractivity contribution in [1.29, 1.82) is 0 Å². The van der Waals surface area contributed by atoms with Crippen molar-refractivity contribution in [3.05, 3.63) is 53.9 Å². The second-order valence-corrected chi connectivity index (χ2v) is 6.94. The van der Waals surface area contributed by atoms with Crippen molar-refractivity contribution in [3.63, 3.8) is 0 Å². The molecule has 3 rings (SSSR count). The lowest BCUT2D eigenvalue weighted by Gasteiger charge is -2.22. The highest BCUT2D eigenvalue weighted by Crippen LogP contribution is 2.35. The van der Waals surface area contributed by atoms with Crippen LogP contribution in [0.1, 0.15) is 30.5 Å². The highest BCUT2D eigenvalue weighted by molar-refractivity contribution is 5.86. The van der Waals surface area contributed by atoms with E-state index in [1.807, 2.05) is 0 Å². The van der Waals surface area contributed by atoms with E-state index in [2.05, 4.69) is 15.6 Å². The number of anilines is 2. The van der Waals surface area contributed by atoms with Gasteiger partial charge in [-0.3, -0.25) is 9.78 Å². The topological polar surface area (TPSA) is 100 Å². The number of rotatable bonds is 5. The first-order valence-corrected chi connectivity index (χ1v) is 8.81. The summed E-state index contributed by atoms with van der Waals surface area (Å²) < 4.78 is 39.2. The Labute approximate surface area is 160 Å². The van der Waals surface area contributed by atoms with Crippen LogP contribution >= 0.6 is 0 Å². The molecule has 150 valence electrons. The molecular formula is C19H21F3N4O2. The third-order valence-electron chi connectivity index (χ3n) is 4.74. The lowest BCUT2D eigenvalue weighted by molar-refractivity contribution is -0.137. The molecule has 1 fully saturated rings. The van der Waals surface area contributed by atoms with Crippen LogP contribution in [0.4, 0.5) is 24.5 Å². The van der Waals surface area contributed by atoms with Crippen molar-refractivity contribution >= 4 is 17.3 Å². The standard InChI is InChI=1S/C19H21F3N4O2/c20-19(21,22)15-3-1-2-4-16(15)26-13-6-5-12(24-11-13)10-25-17(28)18(23)8-7-14(27)9-18/h1-6,11,14,26-27H,7-10,23H2,(H,25,28). The first-order valence-electron chi connectivity index (χ1n) is 8.81. The molecular weight excluding hydrogens is 373 g/mol. The van der Waals surface area contributed by atoms with E-state index in [1.54, 1.807) is 12.1 Å². The zero-order chi connectivity index (χ0) is 20.4. The summed E-state index contributed by atoms with van der Waals surface area (Å²) in [5.74, 6) is -0.354. The quantitative estimate of drug-likeness (QED) is 0.625. The lowest BCUT2D eigenvalue weighted by atomic mass is 9.98. The van der Waals surface area contributed by atoms with E-state index in [4.69, 9.17) is 5.73 Å². The summed E-state index contributed by atoms with van der Waals surface area (Å²) in [7, 11) is 0. The predicted molar refractivity (Wildman–Crippen MR) is 97.6 cm³/mol. The number of halogens is 3. The fourth-order valence-electron chi connectivity index (χ4n) is 3.20.